The Morgan fingerprint density at radius 1 is 1.50 bits per heavy atom. The topological polar surface area (TPSA) is 99.4 Å². The highest BCUT2D eigenvalue weighted by atomic mass is 79.9. The van der Waals surface area contributed by atoms with Crippen molar-refractivity contribution in [2.75, 3.05) is 5.43 Å². The molecule has 0 aliphatic heterocycles. The second kappa shape index (κ2) is 4.68. The summed E-state index contributed by atoms with van der Waals surface area (Å²) in [6, 6.07) is 4.24. The number of carbonyl (C=O) groups is 1. The molecule has 6 nitrogen and oxygen atoms in total. The summed E-state index contributed by atoms with van der Waals surface area (Å²) in [6.45, 7) is 0. The number of para-hydroxylation sites is 1. The van der Waals surface area contributed by atoms with Crippen molar-refractivity contribution >= 4 is 27.6 Å². The largest absolute Gasteiger partial charge is 0.506 e. The van der Waals surface area contributed by atoms with Crippen molar-refractivity contribution in [3.63, 3.8) is 0 Å². The van der Waals surface area contributed by atoms with Crippen LogP contribution in [0.3, 0.4) is 0 Å². The van der Waals surface area contributed by atoms with Gasteiger partial charge in [0.15, 0.2) is 0 Å². The first-order valence-corrected chi connectivity index (χ1v) is 4.44. The summed E-state index contributed by atoms with van der Waals surface area (Å²) in [7, 11) is 0. The molecule has 0 fully saturated rings. The van der Waals surface area contributed by atoms with E-state index in [1.54, 1.807) is 12.1 Å². The highest BCUT2D eigenvalue weighted by Gasteiger charge is 2.05. The van der Waals surface area contributed by atoms with Crippen LogP contribution in [0.15, 0.2) is 22.7 Å². The molecule has 0 bridgehead atoms. The van der Waals surface area contributed by atoms with Crippen LogP contribution in [-0.4, -0.2) is 11.1 Å². The number of phenols is 1. The minimum atomic E-state index is -0.611. The number of carbonyl (C=O) groups excluding carboxylic acids is 1. The number of hydrogen-bond acceptors (Lipinski definition) is 4. The van der Waals surface area contributed by atoms with E-state index in [2.05, 4.69) is 26.8 Å². The van der Waals surface area contributed by atoms with Crippen molar-refractivity contribution in [2.24, 2.45) is 5.84 Å². The van der Waals surface area contributed by atoms with Gasteiger partial charge in [0.25, 0.3) is 0 Å². The monoisotopic (exact) mass is 260 g/mol. The van der Waals surface area contributed by atoms with E-state index in [1.807, 2.05) is 5.43 Å². The lowest BCUT2D eigenvalue weighted by molar-refractivity contribution is 0.243. The lowest BCUT2D eigenvalue weighted by atomic mass is 10.3. The number of benzene rings is 1. The Bertz CT molecular complexity index is 324. The molecule has 0 spiro atoms. The third-order valence-corrected chi connectivity index (χ3v) is 2.08. The average Bonchev–Trinajstić information content (AvgIpc) is 2.16. The predicted octanol–water partition coefficient (Wildman–Crippen LogP) is 0.654. The number of phenolic OH excluding ortho intramolecular Hbond substituents is 1. The third-order valence-electron chi connectivity index (χ3n) is 1.42. The van der Waals surface area contributed by atoms with Crippen molar-refractivity contribution in [1.82, 2.24) is 10.9 Å². The highest BCUT2D eigenvalue weighted by molar-refractivity contribution is 9.10. The van der Waals surface area contributed by atoms with Crippen LogP contribution < -0.4 is 22.1 Å². The molecule has 0 atom stereocenters. The van der Waals surface area contributed by atoms with Crippen LogP contribution in [0.25, 0.3) is 0 Å². The van der Waals surface area contributed by atoms with Crippen molar-refractivity contribution in [1.29, 1.82) is 0 Å². The fourth-order valence-electron chi connectivity index (χ4n) is 0.792. The number of halogens is 1. The van der Waals surface area contributed by atoms with Gasteiger partial charge in [0, 0.05) is 4.47 Å². The van der Waals surface area contributed by atoms with Crippen LogP contribution in [0.1, 0.15) is 0 Å². The molecule has 0 aliphatic carbocycles. The predicted molar refractivity (Wildman–Crippen MR) is 55.3 cm³/mol. The average molecular weight is 261 g/mol. The molecular formula is C7H9BrN4O2. The Morgan fingerprint density at radius 3 is 2.79 bits per heavy atom. The highest BCUT2D eigenvalue weighted by Crippen LogP contribution is 2.30. The van der Waals surface area contributed by atoms with Crippen LogP contribution >= 0.6 is 15.9 Å². The zero-order valence-electron chi connectivity index (χ0n) is 7.04. The van der Waals surface area contributed by atoms with Gasteiger partial charge in [-0.15, -0.1) is 0 Å². The van der Waals surface area contributed by atoms with Crippen LogP contribution in [0.5, 0.6) is 5.75 Å². The number of anilines is 1. The Labute approximate surface area is 88.5 Å². The van der Waals surface area contributed by atoms with Gasteiger partial charge in [0.1, 0.15) is 11.4 Å². The van der Waals surface area contributed by atoms with E-state index < -0.39 is 6.03 Å². The van der Waals surface area contributed by atoms with Crippen LogP contribution in [0, 0.1) is 0 Å². The third kappa shape index (κ3) is 2.51. The fraction of sp³-hybridized carbons (Fsp3) is 0. The molecule has 0 aromatic heterocycles. The van der Waals surface area contributed by atoms with E-state index >= 15 is 0 Å². The molecule has 0 saturated carbocycles. The van der Waals surface area contributed by atoms with E-state index in [0.29, 0.717) is 10.2 Å². The van der Waals surface area contributed by atoms with Crippen LogP contribution in [0.2, 0.25) is 0 Å². The molecule has 76 valence electrons. The fourth-order valence-corrected chi connectivity index (χ4v) is 1.25. The normalized spacial score (nSPS) is 9.29. The molecule has 14 heavy (non-hydrogen) atoms. The summed E-state index contributed by atoms with van der Waals surface area (Å²) >= 11 is 3.19. The molecule has 1 aromatic carbocycles. The number of urea groups is 1. The van der Waals surface area contributed by atoms with Crippen LogP contribution in [-0.2, 0) is 0 Å². The van der Waals surface area contributed by atoms with Crippen molar-refractivity contribution in [2.45, 2.75) is 0 Å². The van der Waals surface area contributed by atoms with Gasteiger partial charge in [-0.1, -0.05) is 6.07 Å². The van der Waals surface area contributed by atoms with E-state index in [1.165, 1.54) is 6.07 Å². The van der Waals surface area contributed by atoms with Gasteiger partial charge in [0.2, 0.25) is 0 Å². The minimum absolute atomic E-state index is 0.0108. The SMILES string of the molecule is NNC(=O)NNc1c(O)cccc1Br. The number of nitrogens with one attached hydrogen (secondary N) is 3. The van der Waals surface area contributed by atoms with Crippen molar-refractivity contribution in [3.8, 4) is 5.75 Å². The zero-order valence-corrected chi connectivity index (χ0v) is 8.63. The quantitative estimate of drug-likeness (QED) is 0.233. The number of hydrogen-bond donors (Lipinski definition) is 5. The number of aromatic hydroxyl groups is 1. The lowest BCUT2D eigenvalue weighted by Gasteiger charge is -2.10. The lowest BCUT2D eigenvalue weighted by Crippen LogP contribution is -2.42. The number of nitrogens with two attached hydrogens (primary N) is 1. The minimum Gasteiger partial charge on any atom is -0.506 e. The molecule has 6 N–H and O–H groups in total. The van der Waals surface area contributed by atoms with Gasteiger partial charge in [-0.2, -0.15) is 0 Å². The molecular weight excluding hydrogens is 252 g/mol. The van der Waals surface area contributed by atoms with E-state index in [0.717, 1.165) is 0 Å². The van der Waals surface area contributed by atoms with E-state index in [9.17, 15) is 9.90 Å². The first-order valence-electron chi connectivity index (χ1n) is 3.65. The summed E-state index contributed by atoms with van der Waals surface area (Å²) in [4.78, 5) is 10.7. The summed E-state index contributed by atoms with van der Waals surface area (Å²) in [5.74, 6) is 4.85. The van der Waals surface area contributed by atoms with Gasteiger partial charge in [-0.05, 0) is 28.1 Å². The second-order valence-electron chi connectivity index (χ2n) is 2.36. The maximum absolute atomic E-state index is 10.7. The summed E-state index contributed by atoms with van der Waals surface area (Å²) in [5, 5.41) is 9.38. The van der Waals surface area contributed by atoms with Crippen LogP contribution in [0.4, 0.5) is 10.5 Å². The van der Waals surface area contributed by atoms with E-state index in [4.69, 9.17) is 5.84 Å². The molecule has 7 heteroatoms. The summed E-state index contributed by atoms with van der Waals surface area (Å²) in [6.07, 6.45) is 0. The molecule has 2 amide bonds. The Hall–Kier alpha value is -1.47. The molecule has 1 aromatic rings. The van der Waals surface area contributed by atoms with Gasteiger partial charge < -0.3 is 5.11 Å². The number of amides is 2. The standard InChI is InChI=1S/C7H9BrN4O2/c8-4-2-1-3-5(13)6(4)11-12-7(14)10-9/h1-3,11,13H,9H2,(H2,10,12,14). The number of rotatable bonds is 2. The Balaban J connectivity index is 2.71. The molecule has 0 unspecified atom stereocenters. The Kier molecular flexibility index (Phi) is 3.55. The second-order valence-corrected chi connectivity index (χ2v) is 3.21. The molecule has 1 rings (SSSR count). The molecule has 0 radical (unpaired) electrons. The van der Waals surface area contributed by atoms with Crippen molar-refractivity contribution < 1.29 is 9.90 Å². The van der Waals surface area contributed by atoms with Gasteiger partial charge >= 0.3 is 6.03 Å². The molecule has 0 aliphatic rings. The molecule has 0 saturated heterocycles. The van der Waals surface area contributed by atoms with Crippen molar-refractivity contribution in [3.05, 3.63) is 22.7 Å². The van der Waals surface area contributed by atoms with Gasteiger partial charge in [-0.25, -0.2) is 10.6 Å². The smallest absolute Gasteiger partial charge is 0.347 e. The van der Waals surface area contributed by atoms with E-state index in [-0.39, 0.29) is 5.75 Å². The first kappa shape index (κ1) is 10.6. The van der Waals surface area contributed by atoms with Gasteiger partial charge in [0.05, 0.1) is 0 Å². The maximum Gasteiger partial charge on any atom is 0.347 e. The first-order chi connectivity index (χ1) is 6.65. The summed E-state index contributed by atoms with van der Waals surface area (Å²) in [5.41, 5.74) is 6.93. The maximum atomic E-state index is 10.7. The number of hydrazine groups is 2. The zero-order chi connectivity index (χ0) is 10.6. The molecule has 0 heterocycles. The summed E-state index contributed by atoms with van der Waals surface area (Å²) < 4.78 is 0.620. The van der Waals surface area contributed by atoms with Gasteiger partial charge in [-0.3, -0.25) is 16.3 Å². The Morgan fingerprint density at radius 2 is 2.21 bits per heavy atom.